The molecule has 0 spiro atoms. The van der Waals surface area contributed by atoms with Crippen LogP contribution in [0.2, 0.25) is 0 Å². The zero-order chi connectivity index (χ0) is 30.2. The highest BCUT2D eigenvalue weighted by Gasteiger charge is 2.30. The van der Waals surface area contributed by atoms with Crippen LogP contribution in [0.25, 0.3) is 0 Å². The maximum absolute atomic E-state index is 13.1. The van der Waals surface area contributed by atoms with E-state index < -0.39 is 23.6 Å². The number of rotatable bonds is 12. The number of benzene rings is 1. The van der Waals surface area contributed by atoms with Crippen molar-refractivity contribution in [2.75, 3.05) is 37.9 Å². The number of primary amides is 1. The Morgan fingerprint density at radius 2 is 1.77 bits per heavy atom. The molecular weight excluding hydrogens is 510 g/mol. The summed E-state index contributed by atoms with van der Waals surface area (Å²) >= 11 is 0. The third-order valence-corrected chi connectivity index (χ3v) is 5.99. The van der Waals surface area contributed by atoms with Crippen LogP contribution in [-0.2, 0) is 22.4 Å². The quantitative estimate of drug-likeness (QED) is 0.358. The van der Waals surface area contributed by atoms with Crippen molar-refractivity contribution in [2.24, 2.45) is 11.7 Å². The molecule has 220 valence electrons. The first kappa shape index (κ1) is 32.3. The Hall–Kier alpha value is -3.89. The van der Waals surface area contributed by atoms with Crippen LogP contribution in [0.15, 0.2) is 24.3 Å². The van der Waals surface area contributed by atoms with E-state index in [0.29, 0.717) is 43.0 Å². The monoisotopic (exact) mass is 555 g/mol. The summed E-state index contributed by atoms with van der Waals surface area (Å²) in [5.74, 6) is 0.240. The fraction of sp³-hybridized carbons (Fsp3) is 0.552. The number of nitrogens with zero attached hydrogens (tertiary/aromatic N) is 4. The zero-order valence-electron chi connectivity index (χ0n) is 25.3. The lowest BCUT2D eigenvalue weighted by atomic mass is 10.0. The second kappa shape index (κ2) is 14.0. The van der Waals surface area contributed by atoms with E-state index in [0.717, 1.165) is 5.56 Å². The molecule has 1 atom stereocenters. The molecule has 1 heterocycles. The molecule has 11 heteroatoms. The van der Waals surface area contributed by atoms with E-state index in [9.17, 15) is 14.4 Å². The number of hydrogen-bond acceptors (Lipinski definition) is 8. The number of aromatic nitrogens is 2. The van der Waals surface area contributed by atoms with E-state index in [4.69, 9.17) is 10.5 Å². The van der Waals surface area contributed by atoms with Crippen molar-refractivity contribution in [2.45, 2.75) is 72.4 Å². The van der Waals surface area contributed by atoms with Gasteiger partial charge in [0.2, 0.25) is 5.91 Å². The molecule has 0 bridgehead atoms. The molecule has 11 nitrogen and oxygen atoms in total. The van der Waals surface area contributed by atoms with Gasteiger partial charge in [-0.05, 0) is 63.6 Å². The van der Waals surface area contributed by atoms with Crippen LogP contribution in [-0.4, -0.2) is 72.1 Å². The summed E-state index contributed by atoms with van der Waals surface area (Å²) in [6, 6.07) is 6.95. The van der Waals surface area contributed by atoms with Crippen LogP contribution in [0.3, 0.4) is 0 Å². The van der Waals surface area contributed by atoms with Crippen LogP contribution in [0.5, 0.6) is 0 Å². The van der Waals surface area contributed by atoms with Crippen molar-refractivity contribution in [1.29, 1.82) is 0 Å². The maximum atomic E-state index is 13.1. The van der Waals surface area contributed by atoms with Gasteiger partial charge in [0.05, 0.1) is 5.69 Å². The molecule has 0 saturated heterocycles. The van der Waals surface area contributed by atoms with E-state index in [1.165, 1.54) is 4.90 Å². The first-order valence-electron chi connectivity index (χ1n) is 13.6. The standard InChI is InChI=1S/C29H45N7O4/c1-10-21-26(35(7)8)34-25(23(33-21)24(30)37)32-20-13-11-12-19(17-20)14-15-31-27(38)22(16-18(2)3)36(9)28(39)40-29(4,5)6/h11-13,17-18,22H,10,14-16H2,1-9H3,(H2,30,37)(H,31,38)(H,32,34)/t22-/m0/s1. The van der Waals surface area contributed by atoms with Crippen molar-refractivity contribution in [1.82, 2.24) is 20.2 Å². The van der Waals surface area contributed by atoms with Gasteiger partial charge in [-0.15, -0.1) is 0 Å². The number of hydrogen-bond donors (Lipinski definition) is 3. The first-order valence-corrected chi connectivity index (χ1v) is 13.6. The third-order valence-electron chi connectivity index (χ3n) is 5.99. The Morgan fingerprint density at radius 3 is 2.33 bits per heavy atom. The average molecular weight is 556 g/mol. The summed E-state index contributed by atoms with van der Waals surface area (Å²) in [4.78, 5) is 50.1. The molecule has 0 unspecified atom stereocenters. The predicted molar refractivity (Wildman–Crippen MR) is 158 cm³/mol. The third kappa shape index (κ3) is 9.39. The van der Waals surface area contributed by atoms with E-state index in [-0.39, 0.29) is 23.3 Å². The molecule has 1 aromatic carbocycles. The Balaban J connectivity index is 2.14. The van der Waals surface area contributed by atoms with Gasteiger partial charge in [-0.25, -0.2) is 14.8 Å². The van der Waals surface area contributed by atoms with Crippen molar-refractivity contribution in [3.05, 3.63) is 41.2 Å². The molecule has 1 aromatic heterocycles. The van der Waals surface area contributed by atoms with Crippen LogP contribution in [0, 0.1) is 5.92 Å². The normalized spacial score (nSPS) is 12.1. The Kier molecular flexibility index (Phi) is 11.3. The summed E-state index contributed by atoms with van der Waals surface area (Å²) < 4.78 is 5.46. The molecule has 2 rings (SSSR count). The highest BCUT2D eigenvalue weighted by Crippen LogP contribution is 2.24. The van der Waals surface area contributed by atoms with Crippen LogP contribution in [0.1, 0.15) is 69.7 Å². The van der Waals surface area contributed by atoms with Gasteiger partial charge < -0.3 is 26.0 Å². The summed E-state index contributed by atoms with van der Waals surface area (Å²) in [6.07, 6.45) is 1.14. The molecule has 2 aromatic rings. The minimum absolute atomic E-state index is 0.0745. The lowest BCUT2D eigenvalue weighted by molar-refractivity contribution is -0.126. The first-order chi connectivity index (χ1) is 18.6. The van der Waals surface area contributed by atoms with E-state index in [2.05, 4.69) is 20.6 Å². The van der Waals surface area contributed by atoms with Crippen molar-refractivity contribution in [3.63, 3.8) is 0 Å². The molecule has 0 aliphatic carbocycles. The fourth-order valence-electron chi connectivity index (χ4n) is 4.05. The molecule has 0 radical (unpaired) electrons. The Morgan fingerprint density at radius 1 is 1.10 bits per heavy atom. The molecule has 3 amide bonds. The molecule has 0 aliphatic rings. The van der Waals surface area contributed by atoms with Gasteiger partial charge in [-0.2, -0.15) is 0 Å². The Bertz CT molecular complexity index is 1190. The SMILES string of the molecule is CCc1nc(C(N)=O)c(Nc2cccc(CCNC(=O)[C@H](CC(C)C)N(C)C(=O)OC(C)(C)C)c2)nc1N(C)C. The summed E-state index contributed by atoms with van der Waals surface area (Å²) in [5, 5.41) is 6.14. The highest BCUT2D eigenvalue weighted by molar-refractivity contribution is 5.96. The number of nitrogens with two attached hydrogens (primary N) is 1. The molecule has 40 heavy (non-hydrogen) atoms. The van der Waals surface area contributed by atoms with Crippen molar-refractivity contribution in [3.8, 4) is 0 Å². The fourth-order valence-corrected chi connectivity index (χ4v) is 4.05. The number of ether oxygens (including phenoxy) is 1. The lowest BCUT2D eigenvalue weighted by Crippen LogP contribution is -2.50. The van der Waals surface area contributed by atoms with Gasteiger partial charge in [0.1, 0.15) is 11.6 Å². The van der Waals surface area contributed by atoms with E-state index in [1.54, 1.807) is 27.8 Å². The molecule has 0 saturated carbocycles. The molecule has 4 N–H and O–H groups in total. The van der Waals surface area contributed by atoms with Gasteiger partial charge in [-0.1, -0.05) is 32.9 Å². The maximum Gasteiger partial charge on any atom is 0.410 e. The smallest absolute Gasteiger partial charge is 0.410 e. The summed E-state index contributed by atoms with van der Waals surface area (Å²) in [7, 11) is 5.32. The van der Waals surface area contributed by atoms with Crippen molar-refractivity contribution < 1.29 is 19.1 Å². The highest BCUT2D eigenvalue weighted by atomic mass is 16.6. The van der Waals surface area contributed by atoms with Crippen LogP contribution in [0.4, 0.5) is 22.1 Å². The molecule has 0 fully saturated rings. The minimum atomic E-state index is -0.666. The number of carbonyl (C=O) groups excluding carboxylic acids is 3. The summed E-state index contributed by atoms with van der Waals surface area (Å²) in [5.41, 5.74) is 7.36. The van der Waals surface area contributed by atoms with Crippen LogP contribution >= 0.6 is 0 Å². The number of carbonyl (C=O) groups is 3. The van der Waals surface area contributed by atoms with E-state index in [1.807, 2.05) is 64.0 Å². The lowest BCUT2D eigenvalue weighted by Gasteiger charge is -2.31. The largest absolute Gasteiger partial charge is 0.444 e. The molecular formula is C29H45N7O4. The van der Waals surface area contributed by atoms with Gasteiger partial charge in [0.15, 0.2) is 17.3 Å². The topological polar surface area (TPSA) is 143 Å². The average Bonchev–Trinajstić information content (AvgIpc) is 2.85. The van der Waals surface area contributed by atoms with Gasteiger partial charge in [-0.3, -0.25) is 14.5 Å². The number of nitrogens with one attached hydrogen (secondary N) is 2. The van der Waals surface area contributed by atoms with Gasteiger partial charge >= 0.3 is 6.09 Å². The number of likely N-dealkylation sites (N-methyl/N-ethyl adjacent to an activating group) is 1. The van der Waals surface area contributed by atoms with Gasteiger partial charge in [0, 0.05) is 33.4 Å². The predicted octanol–water partition coefficient (Wildman–Crippen LogP) is 3.89. The zero-order valence-corrected chi connectivity index (χ0v) is 25.3. The van der Waals surface area contributed by atoms with Crippen LogP contribution < -0.4 is 21.3 Å². The van der Waals surface area contributed by atoms with Gasteiger partial charge in [0.25, 0.3) is 5.91 Å². The Labute approximate surface area is 237 Å². The summed E-state index contributed by atoms with van der Waals surface area (Å²) in [6.45, 7) is 11.7. The second-order valence-corrected chi connectivity index (χ2v) is 11.4. The van der Waals surface area contributed by atoms with Crippen molar-refractivity contribution >= 4 is 35.2 Å². The number of amides is 3. The number of aryl methyl sites for hydroxylation is 1. The van der Waals surface area contributed by atoms with E-state index >= 15 is 0 Å². The minimum Gasteiger partial charge on any atom is -0.444 e. The second-order valence-electron chi connectivity index (χ2n) is 11.4. The molecule has 0 aliphatic heterocycles. The number of anilines is 3.